The molecule has 1 amide bonds. The van der Waals surface area contributed by atoms with Gasteiger partial charge >= 0.3 is 0 Å². The number of nitrogens with two attached hydrogens (primary N) is 1. The summed E-state index contributed by atoms with van der Waals surface area (Å²) in [5, 5.41) is 9.32. The Morgan fingerprint density at radius 3 is 2.65 bits per heavy atom. The van der Waals surface area contributed by atoms with Crippen molar-refractivity contribution in [1.29, 1.82) is 0 Å². The van der Waals surface area contributed by atoms with Crippen molar-refractivity contribution in [3.63, 3.8) is 0 Å². The van der Waals surface area contributed by atoms with Gasteiger partial charge in [0.15, 0.2) is 0 Å². The number of anilines is 1. The van der Waals surface area contributed by atoms with Crippen molar-refractivity contribution >= 4 is 11.6 Å². The zero-order valence-electron chi connectivity index (χ0n) is 10.0. The topological polar surface area (TPSA) is 66.6 Å². The largest absolute Gasteiger partial charge is 0.506 e. The summed E-state index contributed by atoms with van der Waals surface area (Å²) in [6.07, 6.45) is 2.11. The minimum Gasteiger partial charge on any atom is -0.506 e. The molecule has 3 N–H and O–H groups in total. The highest BCUT2D eigenvalue weighted by Gasteiger charge is 2.21. The Morgan fingerprint density at radius 1 is 1.41 bits per heavy atom. The van der Waals surface area contributed by atoms with Crippen LogP contribution in [0.1, 0.15) is 30.1 Å². The number of nitrogen functional groups attached to an aromatic ring is 1. The Bertz CT molecular complexity index is 423. The number of aromatic hydroxyl groups is 1. The molecule has 4 nitrogen and oxygen atoms in total. The molecule has 1 aromatic rings. The third-order valence-electron chi connectivity index (χ3n) is 3.35. The maximum absolute atomic E-state index is 12.2. The number of hydrogen-bond acceptors (Lipinski definition) is 3. The Morgan fingerprint density at radius 2 is 2.06 bits per heavy atom. The molecule has 1 fully saturated rings. The summed E-state index contributed by atoms with van der Waals surface area (Å²) in [7, 11) is 0. The Kier molecular flexibility index (Phi) is 3.22. The lowest BCUT2D eigenvalue weighted by Gasteiger charge is -2.30. The predicted molar refractivity (Wildman–Crippen MR) is 66.8 cm³/mol. The lowest BCUT2D eigenvalue weighted by Crippen LogP contribution is -2.37. The van der Waals surface area contributed by atoms with Crippen molar-refractivity contribution in [2.45, 2.75) is 19.8 Å². The molecule has 0 saturated carbocycles. The zero-order chi connectivity index (χ0) is 12.4. The third-order valence-corrected chi connectivity index (χ3v) is 3.35. The van der Waals surface area contributed by atoms with E-state index in [1.807, 2.05) is 4.90 Å². The second-order valence-corrected chi connectivity index (χ2v) is 4.75. The molecule has 1 aromatic carbocycles. The van der Waals surface area contributed by atoms with Crippen LogP contribution in [0.4, 0.5) is 5.69 Å². The number of carbonyl (C=O) groups is 1. The van der Waals surface area contributed by atoms with Crippen LogP contribution in [0.25, 0.3) is 0 Å². The SMILES string of the molecule is CC1CCN(C(=O)c2ccc(O)c(N)c2)CC1. The lowest BCUT2D eigenvalue weighted by molar-refractivity contribution is 0.0697. The summed E-state index contributed by atoms with van der Waals surface area (Å²) >= 11 is 0. The lowest BCUT2D eigenvalue weighted by atomic mass is 9.98. The fourth-order valence-electron chi connectivity index (χ4n) is 2.08. The fraction of sp³-hybridized carbons (Fsp3) is 0.462. The van der Waals surface area contributed by atoms with Gasteiger partial charge in [0, 0.05) is 18.7 Å². The van der Waals surface area contributed by atoms with Crippen molar-refractivity contribution in [3.8, 4) is 5.75 Å². The van der Waals surface area contributed by atoms with Crippen LogP contribution in [-0.2, 0) is 0 Å². The molecular formula is C13H18N2O2. The summed E-state index contributed by atoms with van der Waals surface area (Å²) < 4.78 is 0. The normalized spacial score (nSPS) is 17.1. The van der Waals surface area contributed by atoms with Crippen LogP contribution in [0.2, 0.25) is 0 Å². The highest BCUT2D eigenvalue weighted by atomic mass is 16.3. The molecule has 2 rings (SSSR count). The van der Waals surface area contributed by atoms with E-state index >= 15 is 0 Å². The number of nitrogens with zero attached hydrogens (tertiary/aromatic N) is 1. The molecule has 1 aliphatic heterocycles. The fourth-order valence-corrected chi connectivity index (χ4v) is 2.08. The van der Waals surface area contributed by atoms with E-state index in [-0.39, 0.29) is 17.3 Å². The summed E-state index contributed by atoms with van der Waals surface area (Å²) in [5.41, 5.74) is 6.39. The Balaban J connectivity index is 2.11. The molecule has 0 aliphatic carbocycles. The molecule has 1 saturated heterocycles. The van der Waals surface area contributed by atoms with Crippen LogP contribution in [-0.4, -0.2) is 29.0 Å². The van der Waals surface area contributed by atoms with E-state index in [2.05, 4.69) is 6.92 Å². The molecule has 1 heterocycles. The van der Waals surface area contributed by atoms with Gasteiger partial charge in [-0.15, -0.1) is 0 Å². The van der Waals surface area contributed by atoms with E-state index in [1.54, 1.807) is 6.07 Å². The highest BCUT2D eigenvalue weighted by Crippen LogP contribution is 2.23. The number of rotatable bonds is 1. The van der Waals surface area contributed by atoms with E-state index < -0.39 is 0 Å². The van der Waals surface area contributed by atoms with Crippen molar-refractivity contribution in [2.24, 2.45) is 5.92 Å². The first-order valence-corrected chi connectivity index (χ1v) is 5.95. The Labute approximate surface area is 101 Å². The molecule has 0 radical (unpaired) electrons. The van der Waals surface area contributed by atoms with Crippen molar-refractivity contribution in [3.05, 3.63) is 23.8 Å². The number of carbonyl (C=O) groups excluding carboxylic acids is 1. The third kappa shape index (κ3) is 2.52. The molecule has 4 heteroatoms. The number of hydrogen-bond donors (Lipinski definition) is 2. The molecule has 0 spiro atoms. The number of likely N-dealkylation sites (tertiary alicyclic amines) is 1. The monoisotopic (exact) mass is 234 g/mol. The second kappa shape index (κ2) is 4.65. The first-order chi connectivity index (χ1) is 8.08. The molecule has 17 heavy (non-hydrogen) atoms. The number of phenolic OH excluding ortho intramolecular Hbond substituents is 1. The van der Waals surface area contributed by atoms with Gasteiger partial charge in [0.1, 0.15) is 5.75 Å². The summed E-state index contributed by atoms with van der Waals surface area (Å²) in [4.78, 5) is 14.0. The average molecular weight is 234 g/mol. The van der Waals surface area contributed by atoms with Gasteiger partial charge in [-0.1, -0.05) is 6.92 Å². The maximum atomic E-state index is 12.2. The summed E-state index contributed by atoms with van der Waals surface area (Å²) in [5.74, 6) is 0.723. The molecule has 92 valence electrons. The molecule has 0 atom stereocenters. The van der Waals surface area contributed by atoms with E-state index in [9.17, 15) is 9.90 Å². The van der Waals surface area contributed by atoms with Gasteiger partial charge in [0.2, 0.25) is 0 Å². The van der Waals surface area contributed by atoms with Gasteiger partial charge in [-0.2, -0.15) is 0 Å². The average Bonchev–Trinajstić information content (AvgIpc) is 2.33. The van der Waals surface area contributed by atoms with Crippen molar-refractivity contribution in [1.82, 2.24) is 4.90 Å². The molecule has 1 aliphatic rings. The van der Waals surface area contributed by atoms with E-state index in [4.69, 9.17) is 5.73 Å². The second-order valence-electron chi connectivity index (χ2n) is 4.75. The quantitative estimate of drug-likeness (QED) is 0.575. The standard InChI is InChI=1S/C13H18N2O2/c1-9-4-6-15(7-5-9)13(17)10-2-3-12(16)11(14)8-10/h2-3,8-9,16H,4-7,14H2,1H3. The van der Waals surface area contributed by atoms with Gasteiger partial charge in [-0.05, 0) is 37.0 Å². The molecule has 0 aromatic heterocycles. The Hall–Kier alpha value is -1.71. The molecule has 0 bridgehead atoms. The molecule has 0 unspecified atom stereocenters. The maximum Gasteiger partial charge on any atom is 0.253 e. The van der Waals surface area contributed by atoms with Crippen LogP contribution in [0.15, 0.2) is 18.2 Å². The van der Waals surface area contributed by atoms with Gasteiger partial charge in [-0.25, -0.2) is 0 Å². The smallest absolute Gasteiger partial charge is 0.253 e. The minimum atomic E-state index is 0.00333. The predicted octanol–water partition coefficient (Wildman–Crippen LogP) is 1.85. The van der Waals surface area contributed by atoms with Gasteiger partial charge in [-0.3, -0.25) is 4.79 Å². The first-order valence-electron chi connectivity index (χ1n) is 5.95. The van der Waals surface area contributed by atoms with Gasteiger partial charge < -0.3 is 15.7 Å². The van der Waals surface area contributed by atoms with Crippen LogP contribution in [0.3, 0.4) is 0 Å². The first kappa shape index (κ1) is 11.8. The molecular weight excluding hydrogens is 216 g/mol. The minimum absolute atomic E-state index is 0.00333. The number of benzene rings is 1. The van der Waals surface area contributed by atoms with Gasteiger partial charge in [0.25, 0.3) is 5.91 Å². The van der Waals surface area contributed by atoms with Gasteiger partial charge in [0.05, 0.1) is 5.69 Å². The van der Waals surface area contributed by atoms with E-state index in [1.165, 1.54) is 12.1 Å². The van der Waals surface area contributed by atoms with Crippen LogP contribution < -0.4 is 5.73 Å². The number of piperidine rings is 1. The van der Waals surface area contributed by atoms with Crippen LogP contribution in [0, 0.1) is 5.92 Å². The van der Waals surface area contributed by atoms with E-state index in [0.717, 1.165) is 25.9 Å². The van der Waals surface area contributed by atoms with Crippen molar-refractivity contribution < 1.29 is 9.90 Å². The summed E-state index contributed by atoms with van der Waals surface area (Å²) in [6.45, 7) is 3.82. The zero-order valence-corrected chi connectivity index (χ0v) is 10.0. The number of amides is 1. The van der Waals surface area contributed by atoms with Crippen LogP contribution >= 0.6 is 0 Å². The highest BCUT2D eigenvalue weighted by molar-refractivity contribution is 5.95. The van der Waals surface area contributed by atoms with Crippen LogP contribution in [0.5, 0.6) is 5.75 Å². The van der Waals surface area contributed by atoms with Crippen molar-refractivity contribution in [2.75, 3.05) is 18.8 Å². The number of phenols is 1. The summed E-state index contributed by atoms with van der Waals surface area (Å²) in [6, 6.07) is 4.62. The van der Waals surface area contributed by atoms with E-state index in [0.29, 0.717) is 11.5 Å².